The second kappa shape index (κ2) is 11.4. The number of carbonyl (C=O) groups excluding carboxylic acids is 1. The van der Waals surface area contributed by atoms with Gasteiger partial charge >= 0.3 is 0 Å². The van der Waals surface area contributed by atoms with Gasteiger partial charge in [0.05, 0.1) is 20.2 Å². The standard InChI is InChI=1S/C20H32N4O2.HI/c1-15-10-11-24(14-16(15)2)20(22-13-19(25)23(3)4)21-12-17-6-8-18(26-5)9-7-17;/h6-9,15-16H,10-14H2,1-5H3,(H,21,22);1H. The summed E-state index contributed by atoms with van der Waals surface area (Å²) in [7, 11) is 5.20. The average molecular weight is 488 g/mol. The van der Waals surface area contributed by atoms with Gasteiger partial charge in [-0.3, -0.25) is 4.79 Å². The molecule has 1 aromatic carbocycles. The number of piperidine rings is 1. The molecule has 2 unspecified atom stereocenters. The Kier molecular flexibility index (Phi) is 9.90. The SMILES string of the molecule is COc1ccc(CN=C(NCC(=O)N(C)C)N2CCC(C)C(C)C2)cc1.I. The highest BCUT2D eigenvalue weighted by molar-refractivity contribution is 14.0. The predicted octanol–water partition coefficient (Wildman–Crippen LogP) is 2.82. The van der Waals surface area contributed by atoms with E-state index in [4.69, 9.17) is 9.73 Å². The van der Waals surface area contributed by atoms with Crippen LogP contribution in [0.25, 0.3) is 0 Å². The van der Waals surface area contributed by atoms with Crippen molar-refractivity contribution >= 4 is 35.8 Å². The first kappa shape index (κ1) is 23.5. The summed E-state index contributed by atoms with van der Waals surface area (Å²) in [5.74, 6) is 3.03. The summed E-state index contributed by atoms with van der Waals surface area (Å²) in [4.78, 5) is 20.6. The van der Waals surface area contributed by atoms with Crippen molar-refractivity contribution in [2.24, 2.45) is 16.8 Å². The molecule has 1 fully saturated rings. The number of aliphatic imine (C=N–C) groups is 1. The Labute approximate surface area is 180 Å². The van der Waals surface area contributed by atoms with Gasteiger partial charge in [0.25, 0.3) is 0 Å². The van der Waals surface area contributed by atoms with E-state index in [2.05, 4.69) is 24.1 Å². The molecule has 0 saturated carbocycles. The molecule has 1 saturated heterocycles. The fraction of sp³-hybridized carbons (Fsp3) is 0.600. The summed E-state index contributed by atoms with van der Waals surface area (Å²) in [6, 6.07) is 7.92. The number of likely N-dealkylation sites (N-methyl/N-ethyl adjacent to an activating group) is 1. The molecule has 7 heteroatoms. The van der Waals surface area contributed by atoms with Gasteiger partial charge in [0, 0.05) is 27.2 Å². The van der Waals surface area contributed by atoms with Gasteiger partial charge in [0.1, 0.15) is 5.75 Å². The van der Waals surface area contributed by atoms with Gasteiger partial charge in [-0.05, 0) is 36.0 Å². The molecular weight excluding hydrogens is 455 g/mol. The minimum Gasteiger partial charge on any atom is -0.497 e. The van der Waals surface area contributed by atoms with Crippen LogP contribution in [0.3, 0.4) is 0 Å². The number of nitrogens with zero attached hydrogens (tertiary/aromatic N) is 3. The van der Waals surface area contributed by atoms with Crippen molar-refractivity contribution in [2.75, 3.05) is 40.8 Å². The highest BCUT2D eigenvalue weighted by Crippen LogP contribution is 2.22. The number of methoxy groups -OCH3 is 1. The van der Waals surface area contributed by atoms with Crippen molar-refractivity contribution in [2.45, 2.75) is 26.8 Å². The number of guanidine groups is 1. The van der Waals surface area contributed by atoms with Crippen LogP contribution in [-0.4, -0.2) is 62.5 Å². The molecule has 1 heterocycles. The Balaban J connectivity index is 0.00000364. The molecule has 6 nitrogen and oxygen atoms in total. The van der Waals surface area contributed by atoms with Gasteiger partial charge in [-0.25, -0.2) is 4.99 Å². The van der Waals surface area contributed by atoms with Crippen LogP contribution in [0.1, 0.15) is 25.8 Å². The van der Waals surface area contributed by atoms with Crippen LogP contribution in [-0.2, 0) is 11.3 Å². The zero-order chi connectivity index (χ0) is 19.1. The Hall–Kier alpha value is -1.51. The van der Waals surface area contributed by atoms with E-state index in [9.17, 15) is 4.79 Å². The molecule has 1 aliphatic heterocycles. The summed E-state index contributed by atoms with van der Waals surface area (Å²) in [5.41, 5.74) is 1.11. The second-order valence-electron chi connectivity index (χ2n) is 7.32. The average Bonchev–Trinajstić information content (AvgIpc) is 2.64. The summed E-state index contributed by atoms with van der Waals surface area (Å²) in [6.45, 7) is 7.35. The van der Waals surface area contributed by atoms with Crippen LogP contribution >= 0.6 is 24.0 Å². The van der Waals surface area contributed by atoms with Gasteiger partial charge in [-0.15, -0.1) is 24.0 Å². The second-order valence-corrected chi connectivity index (χ2v) is 7.32. The van der Waals surface area contributed by atoms with Crippen molar-refractivity contribution in [3.05, 3.63) is 29.8 Å². The lowest BCUT2D eigenvalue weighted by atomic mass is 9.89. The number of hydrogen-bond donors (Lipinski definition) is 1. The number of carbonyl (C=O) groups is 1. The van der Waals surface area contributed by atoms with E-state index in [0.29, 0.717) is 12.5 Å². The summed E-state index contributed by atoms with van der Waals surface area (Å²) in [5, 5.41) is 3.26. The van der Waals surface area contributed by atoms with E-state index in [1.54, 1.807) is 26.1 Å². The van der Waals surface area contributed by atoms with Crippen molar-refractivity contribution in [1.29, 1.82) is 0 Å². The number of ether oxygens (including phenoxy) is 1. The summed E-state index contributed by atoms with van der Waals surface area (Å²) < 4.78 is 5.20. The van der Waals surface area contributed by atoms with Crippen LogP contribution < -0.4 is 10.1 Å². The molecule has 1 amide bonds. The van der Waals surface area contributed by atoms with Gasteiger partial charge in [0.15, 0.2) is 5.96 Å². The Bertz CT molecular complexity index is 619. The van der Waals surface area contributed by atoms with Gasteiger partial charge in [-0.2, -0.15) is 0 Å². The molecule has 152 valence electrons. The quantitative estimate of drug-likeness (QED) is 0.394. The maximum atomic E-state index is 12.0. The number of rotatable bonds is 5. The van der Waals surface area contributed by atoms with E-state index in [-0.39, 0.29) is 36.4 Å². The topological polar surface area (TPSA) is 57.2 Å². The van der Waals surface area contributed by atoms with Crippen molar-refractivity contribution in [3.63, 3.8) is 0 Å². The molecule has 0 aliphatic carbocycles. The lowest BCUT2D eigenvalue weighted by Gasteiger charge is -2.37. The molecule has 2 rings (SSSR count). The Morgan fingerprint density at radius 2 is 1.93 bits per heavy atom. The number of halogens is 1. The monoisotopic (exact) mass is 488 g/mol. The van der Waals surface area contributed by atoms with E-state index < -0.39 is 0 Å². The first-order valence-corrected chi connectivity index (χ1v) is 9.27. The first-order chi connectivity index (χ1) is 12.4. The lowest BCUT2D eigenvalue weighted by molar-refractivity contribution is -0.127. The molecule has 0 bridgehead atoms. The predicted molar refractivity (Wildman–Crippen MR) is 121 cm³/mol. The largest absolute Gasteiger partial charge is 0.497 e. The summed E-state index contributed by atoms with van der Waals surface area (Å²) >= 11 is 0. The maximum absolute atomic E-state index is 12.0. The zero-order valence-electron chi connectivity index (χ0n) is 17.1. The molecule has 2 atom stereocenters. The van der Waals surface area contributed by atoms with Gasteiger partial charge in [0.2, 0.25) is 5.91 Å². The van der Waals surface area contributed by atoms with E-state index in [1.807, 2.05) is 24.3 Å². The van der Waals surface area contributed by atoms with Crippen LogP contribution in [0.15, 0.2) is 29.3 Å². The number of likely N-dealkylation sites (tertiary alicyclic amines) is 1. The molecule has 0 spiro atoms. The van der Waals surface area contributed by atoms with Crippen LogP contribution in [0.4, 0.5) is 0 Å². The Morgan fingerprint density at radius 3 is 2.48 bits per heavy atom. The third kappa shape index (κ3) is 7.20. The van der Waals surface area contributed by atoms with Crippen molar-refractivity contribution in [3.8, 4) is 5.75 Å². The third-order valence-corrected chi connectivity index (χ3v) is 5.10. The van der Waals surface area contributed by atoms with Crippen molar-refractivity contribution in [1.82, 2.24) is 15.1 Å². The molecular formula is C20H33IN4O2. The molecule has 0 aromatic heterocycles. The lowest BCUT2D eigenvalue weighted by Crippen LogP contribution is -2.50. The first-order valence-electron chi connectivity index (χ1n) is 9.27. The highest BCUT2D eigenvalue weighted by atomic mass is 127. The van der Waals surface area contributed by atoms with E-state index in [1.165, 1.54) is 0 Å². The van der Waals surface area contributed by atoms with E-state index >= 15 is 0 Å². The zero-order valence-corrected chi connectivity index (χ0v) is 19.4. The van der Waals surface area contributed by atoms with Crippen LogP contribution in [0.2, 0.25) is 0 Å². The normalized spacial score (nSPS) is 19.9. The minimum absolute atomic E-state index is 0. The number of benzene rings is 1. The van der Waals surface area contributed by atoms with Crippen molar-refractivity contribution < 1.29 is 9.53 Å². The van der Waals surface area contributed by atoms with Crippen LogP contribution in [0.5, 0.6) is 5.75 Å². The maximum Gasteiger partial charge on any atom is 0.241 e. The van der Waals surface area contributed by atoms with Gasteiger partial charge in [-0.1, -0.05) is 26.0 Å². The van der Waals surface area contributed by atoms with E-state index in [0.717, 1.165) is 42.7 Å². The molecule has 0 radical (unpaired) electrons. The fourth-order valence-electron chi connectivity index (χ4n) is 2.93. The molecule has 27 heavy (non-hydrogen) atoms. The third-order valence-electron chi connectivity index (χ3n) is 5.10. The molecule has 1 aromatic rings. The summed E-state index contributed by atoms with van der Waals surface area (Å²) in [6.07, 6.45) is 1.14. The number of hydrogen-bond acceptors (Lipinski definition) is 3. The molecule has 1 N–H and O–H groups in total. The fourth-order valence-corrected chi connectivity index (χ4v) is 2.93. The van der Waals surface area contributed by atoms with Gasteiger partial charge < -0.3 is 19.9 Å². The van der Waals surface area contributed by atoms with Crippen LogP contribution in [0, 0.1) is 11.8 Å². The highest BCUT2D eigenvalue weighted by Gasteiger charge is 2.25. The molecule has 1 aliphatic rings. The smallest absolute Gasteiger partial charge is 0.241 e. The number of amides is 1. The minimum atomic E-state index is 0. The number of nitrogens with one attached hydrogen (secondary N) is 1. The Morgan fingerprint density at radius 1 is 1.26 bits per heavy atom.